The lowest BCUT2D eigenvalue weighted by atomic mass is 10.0. The maximum atomic E-state index is 12.9. The van der Waals surface area contributed by atoms with Crippen LogP contribution in [0.15, 0.2) is 48.5 Å². The molecule has 1 fully saturated rings. The van der Waals surface area contributed by atoms with Crippen LogP contribution in [-0.4, -0.2) is 46.7 Å². The van der Waals surface area contributed by atoms with Gasteiger partial charge in [-0.05, 0) is 29.7 Å². The molecule has 2 atom stereocenters. The van der Waals surface area contributed by atoms with Crippen LogP contribution in [0.25, 0.3) is 0 Å². The molecular weight excluding hydrogens is 388 g/mol. The Morgan fingerprint density at radius 2 is 1.87 bits per heavy atom. The lowest BCUT2D eigenvalue weighted by molar-refractivity contribution is -0.143. The number of nitrogens with one attached hydrogen (secondary N) is 1. The van der Waals surface area contributed by atoms with E-state index in [4.69, 9.17) is 9.47 Å². The maximum Gasteiger partial charge on any atom is 0.326 e. The van der Waals surface area contributed by atoms with Gasteiger partial charge in [-0.15, -0.1) is 0 Å². The molecule has 2 N–H and O–H groups in total. The second kappa shape index (κ2) is 8.44. The molecule has 30 heavy (non-hydrogen) atoms. The highest BCUT2D eigenvalue weighted by molar-refractivity contribution is 5.93. The zero-order valence-corrected chi connectivity index (χ0v) is 16.2. The molecule has 1 saturated heterocycles. The summed E-state index contributed by atoms with van der Waals surface area (Å²) in [6.45, 7) is 0.447. The number of carboxylic acids is 1. The third-order valence-electron chi connectivity index (χ3n) is 5.32. The Morgan fingerprint density at radius 1 is 1.10 bits per heavy atom. The molecule has 156 valence electrons. The second-order valence-electron chi connectivity index (χ2n) is 7.35. The molecule has 0 spiro atoms. The smallest absolute Gasteiger partial charge is 0.326 e. The number of fused-ring (bicyclic) bond motifs is 1. The van der Waals surface area contributed by atoms with Crippen molar-refractivity contribution < 1.29 is 29.0 Å². The molecule has 8 heteroatoms. The molecule has 2 aromatic carbocycles. The number of amides is 2. The molecule has 2 aliphatic rings. The van der Waals surface area contributed by atoms with E-state index >= 15 is 0 Å². The van der Waals surface area contributed by atoms with Gasteiger partial charge in [0.05, 0.1) is 0 Å². The Balaban J connectivity index is 1.44. The van der Waals surface area contributed by atoms with Gasteiger partial charge < -0.3 is 24.8 Å². The van der Waals surface area contributed by atoms with Gasteiger partial charge in [0.1, 0.15) is 12.1 Å². The largest absolute Gasteiger partial charge is 0.480 e. The van der Waals surface area contributed by atoms with Crippen molar-refractivity contribution in [1.82, 2.24) is 10.2 Å². The zero-order valence-electron chi connectivity index (χ0n) is 16.2. The Morgan fingerprint density at radius 3 is 2.63 bits per heavy atom. The van der Waals surface area contributed by atoms with Gasteiger partial charge in [-0.2, -0.15) is 0 Å². The van der Waals surface area contributed by atoms with Crippen LogP contribution in [0.1, 0.15) is 24.0 Å². The summed E-state index contributed by atoms with van der Waals surface area (Å²) in [5.41, 5.74) is 1.62. The summed E-state index contributed by atoms with van der Waals surface area (Å²) < 4.78 is 10.6. The Labute approximate surface area is 173 Å². The van der Waals surface area contributed by atoms with Gasteiger partial charge in [0.25, 0.3) is 0 Å². The van der Waals surface area contributed by atoms with Crippen LogP contribution in [0.4, 0.5) is 0 Å². The quantitative estimate of drug-likeness (QED) is 0.720. The number of benzene rings is 2. The number of carbonyl (C=O) groups excluding carboxylic acids is 2. The number of hydrogen-bond acceptors (Lipinski definition) is 5. The molecule has 2 aliphatic heterocycles. The number of carbonyl (C=O) groups is 3. The van der Waals surface area contributed by atoms with Crippen molar-refractivity contribution in [2.45, 2.75) is 37.9 Å². The fourth-order valence-corrected chi connectivity index (χ4v) is 3.76. The van der Waals surface area contributed by atoms with E-state index in [1.165, 1.54) is 4.90 Å². The monoisotopic (exact) mass is 410 g/mol. The van der Waals surface area contributed by atoms with Crippen molar-refractivity contribution in [3.05, 3.63) is 59.7 Å². The average molecular weight is 410 g/mol. The molecule has 8 nitrogen and oxygen atoms in total. The van der Waals surface area contributed by atoms with Gasteiger partial charge in [-0.1, -0.05) is 36.4 Å². The minimum atomic E-state index is -1.14. The number of nitrogens with zero attached hydrogens (tertiary/aromatic N) is 1. The van der Waals surface area contributed by atoms with Crippen LogP contribution in [0.2, 0.25) is 0 Å². The molecule has 2 heterocycles. The first-order valence-corrected chi connectivity index (χ1v) is 9.76. The summed E-state index contributed by atoms with van der Waals surface area (Å²) in [5, 5.41) is 12.2. The minimum Gasteiger partial charge on any atom is -0.480 e. The first-order valence-electron chi connectivity index (χ1n) is 9.76. The van der Waals surface area contributed by atoms with Crippen molar-refractivity contribution in [2.75, 3.05) is 6.79 Å². The number of carboxylic acid groups (broad SMARTS) is 1. The summed E-state index contributed by atoms with van der Waals surface area (Å²) in [6.07, 6.45) is 0.732. The molecule has 0 aliphatic carbocycles. The molecule has 4 rings (SSSR count). The molecule has 0 unspecified atom stereocenters. The lowest BCUT2D eigenvalue weighted by Crippen LogP contribution is -2.50. The van der Waals surface area contributed by atoms with Gasteiger partial charge in [0, 0.05) is 19.4 Å². The van der Waals surface area contributed by atoms with Gasteiger partial charge in [-0.25, -0.2) is 4.79 Å². The van der Waals surface area contributed by atoms with Gasteiger partial charge in [0.2, 0.25) is 18.6 Å². The van der Waals surface area contributed by atoms with Crippen molar-refractivity contribution in [3.63, 3.8) is 0 Å². The summed E-state index contributed by atoms with van der Waals surface area (Å²) >= 11 is 0. The number of ether oxygens (including phenoxy) is 2. The van der Waals surface area contributed by atoms with E-state index in [0.29, 0.717) is 30.0 Å². The first kappa shape index (κ1) is 19.8. The standard InChI is InChI=1S/C22H22N2O6/c25-20-9-7-17(24(20)12-14-4-2-1-3-5-14)21(26)23-16(22(27)28)10-15-6-8-18-19(11-15)30-13-29-18/h1-6,8,11,16-17H,7,9-10,12-13H2,(H,23,26)(H,27,28)/t16-,17-/m0/s1. The van der Waals surface area contributed by atoms with Crippen LogP contribution >= 0.6 is 0 Å². The van der Waals surface area contributed by atoms with E-state index in [0.717, 1.165) is 5.56 Å². The third kappa shape index (κ3) is 4.22. The Bertz CT molecular complexity index is 961. The third-order valence-corrected chi connectivity index (χ3v) is 5.32. The Hall–Kier alpha value is -3.55. The average Bonchev–Trinajstić information content (AvgIpc) is 3.34. The zero-order chi connectivity index (χ0) is 21.1. The van der Waals surface area contributed by atoms with Crippen molar-refractivity contribution in [2.24, 2.45) is 0 Å². The van der Waals surface area contributed by atoms with Crippen molar-refractivity contribution in [1.29, 1.82) is 0 Å². The van der Waals surface area contributed by atoms with E-state index in [1.54, 1.807) is 18.2 Å². The van der Waals surface area contributed by atoms with Crippen LogP contribution in [0.3, 0.4) is 0 Å². The minimum absolute atomic E-state index is 0.0943. The number of aliphatic carboxylic acids is 1. The van der Waals surface area contributed by atoms with E-state index in [1.807, 2.05) is 30.3 Å². The molecule has 0 saturated carbocycles. The molecule has 0 aromatic heterocycles. The van der Waals surface area contributed by atoms with E-state index < -0.39 is 24.0 Å². The van der Waals surface area contributed by atoms with E-state index in [-0.39, 0.29) is 25.5 Å². The highest BCUT2D eigenvalue weighted by Crippen LogP contribution is 2.32. The summed E-state index contributed by atoms with van der Waals surface area (Å²) in [7, 11) is 0. The van der Waals surface area contributed by atoms with Crippen LogP contribution in [0, 0.1) is 0 Å². The number of hydrogen-bond donors (Lipinski definition) is 2. The van der Waals surface area contributed by atoms with E-state index in [2.05, 4.69) is 5.32 Å². The summed E-state index contributed by atoms with van der Waals surface area (Å²) in [5.74, 6) is -0.541. The maximum absolute atomic E-state index is 12.9. The SMILES string of the molecule is O=C(O)[C@H](Cc1ccc2c(c1)OCO2)NC(=O)[C@@H]1CCC(=O)N1Cc1ccccc1. The topological polar surface area (TPSA) is 105 Å². The predicted octanol–water partition coefficient (Wildman–Crippen LogP) is 1.72. The van der Waals surface area contributed by atoms with Crippen LogP contribution in [0.5, 0.6) is 11.5 Å². The highest BCUT2D eigenvalue weighted by Gasteiger charge is 2.37. The normalized spacial score (nSPS) is 18.3. The lowest BCUT2D eigenvalue weighted by Gasteiger charge is -2.25. The molecule has 0 bridgehead atoms. The van der Waals surface area contributed by atoms with Gasteiger partial charge in [-0.3, -0.25) is 9.59 Å². The fourth-order valence-electron chi connectivity index (χ4n) is 3.76. The van der Waals surface area contributed by atoms with Crippen LogP contribution < -0.4 is 14.8 Å². The first-order chi connectivity index (χ1) is 14.5. The van der Waals surface area contributed by atoms with Gasteiger partial charge in [0.15, 0.2) is 11.5 Å². The van der Waals surface area contributed by atoms with Crippen LogP contribution in [-0.2, 0) is 27.3 Å². The number of likely N-dealkylation sites (tertiary alicyclic amines) is 1. The Kier molecular flexibility index (Phi) is 5.56. The predicted molar refractivity (Wildman–Crippen MR) is 106 cm³/mol. The summed E-state index contributed by atoms with van der Waals surface area (Å²) in [4.78, 5) is 38.5. The summed E-state index contributed by atoms with van der Waals surface area (Å²) in [6, 6.07) is 12.8. The van der Waals surface area contributed by atoms with Gasteiger partial charge >= 0.3 is 5.97 Å². The van der Waals surface area contributed by atoms with E-state index in [9.17, 15) is 19.5 Å². The molecule has 0 radical (unpaired) electrons. The molecule has 2 aromatic rings. The highest BCUT2D eigenvalue weighted by atomic mass is 16.7. The number of rotatable bonds is 7. The molecular formula is C22H22N2O6. The van der Waals surface area contributed by atoms with Crippen molar-refractivity contribution in [3.8, 4) is 11.5 Å². The second-order valence-corrected chi connectivity index (χ2v) is 7.35. The van der Waals surface area contributed by atoms with Crippen molar-refractivity contribution >= 4 is 17.8 Å². The molecule has 2 amide bonds. The fraction of sp³-hybridized carbons (Fsp3) is 0.318.